The van der Waals surface area contributed by atoms with Crippen LogP contribution in [0.2, 0.25) is 0 Å². The highest BCUT2D eigenvalue weighted by Gasteiger charge is 2.28. The Morgan fingerprint density at radius 1 is 1.38 bits per heavy atom. The van der Waals surface area contributed by atoms with E-state index >= 15 is 0 Å². The zero-order valence-electron chi connectivity index (χ0n) is 12.8. The highest BCUT2D eigenvalue weighted by Crippen LogP contribution is 2.24. The summed E-state index contributed by atoms with van der Waals surface area (Å²) >= 11 is 0. The Kier molecular flexibility index (Phi) is 5.81. The number of aryl methyl sites for hydroxylation is 1. The van der Waals surface area contributed by atoms with E-state index in [4.69, 9.17) is 10.7 Å². The number of carbonyl (C=O) groups excluding carboxylic acids is 1. The van der Waals surface area contributed by atoms with Crippen molar-refractivity contribution >= 4 is 25.6 Å². The molecule has 0 saturated carbocycles. The van der Waals surface area contributed by atoms with Crippen LogP contribution in [-0.2, 0) is 15.5 Å². The number of halogens is 1. The number of nitrogens with one attached hydrogen (secondary N) is 2. The second kappa shape index (κ2) is 6.79. The van der Waals surface area contributed by atoms with Gasteiger partial charge in [0.05, 0.1) is 5.69 Å². The van der Waals surface area contributed by atoms with Gasteiger partial charge in [-0.3, -0.25) is 9.89 Å². The predicted octanol–water partition coefficient (Wildman–Crippen LogP) is 2.46. The monoisotopic (exact) mass is 335 g/mol. The van der Waals surface area contributed by atoms with E-state index in [2.05, 4.69) is 36.3 Å². The Bertz CT molecular complexity index is 603. The van der Waals surface area contributed by atoms with Crippen LogP contribution in [0.15, 0.2) is 4.90 Å². The summed E-state index contributed by atoms with van der Waals surface area (Å²) in [5, 5.41) is 9.09. The number of amides is 1. The first-order chi connectivity index (χ1) is 9.56. The molecule has 1 heterocycles. The van der Waals surface area contributed by atoms with Crippen molar-refractivity contribution in [2.24, 2.45) is 5.41 Å². The van der Waals surface area contributed by atoms with Gasteiger partial charge in [0, 0.05) is 17.2 Å². The summed E-state index contributed by atoms with van der Waals surface area (Å²) in [5.74, 6) is -0.530. The Labute approximate surface area is 130 Å². The van der Waals surface area contributed by atoms with E-state index in [0.29, 0.717) is 25.1 Å². The van der Waals surface area contributed by atoms with Gasteiger partial charge < -0.3 is 5.32 Å². The SMILES string of the molecule is CCCc1[nH]nc(C(=O)NCCC(C)(C)C)c1S(=O)(=O)Cl. The van der Waals surface area contributed by atoms with Crippen LogP contribution in [0, 0.1) is 5.41 Å². The molecular weight excluding hydrogens is 314 g/mol. The van der Waals surface area contributed by atoms with Gasteiger partial charge in [0.2, 0.25) is 0 Å². The molecular formula is C13H22ClN3O3S. The average molecular weight is 336 g/mol. The number of aromatic nitrogens is 2. The van der Waals surface area contributed by atoms with Crippen LogP contribution < -0.4 is 5.32 Å². The van der Waals surface area contributed by atoms with Crippen molar-refractivity contribution in [1.29, 1.82) is 0 Å². The normalized spacial score (nSPS) is 12.4. The summed E-state index contributed by atoms with van der Waals surface area (Å²) in [5.41, 5.74) is 0.281. The molecule has 0 saturated heterocycles. The molecule has 0 aliphatic heterocycles. The topological polar surface area (TPSA) is 91.9 Å². The van der Waals surface area contributed by atoms with E-state index in [0.717, 1.165) is 6.42 Å². The lowest BCUT2D eigenvalue weighted by Gasteiger charge is -2.17. The fourth-order valence-corrected chi connectivity index (χ4v) is 3.15. The van der Waals surface area contributed by atoms with Crippen molar-refractivity contribution in [1.82, 2.24) is 15.5 Å². The molecule has 1 amide bonds. The lowest BCUT2D eigenvalue weighted by Crippen LogP contribution is -2.28. The van der Waals surface area contributed by atoms with Crippen molar-refractivity contribution in [2.45, 2.75) is 51.9 Å². The number of aromatic amines is 1. The standard InChI is InChI=1S/C13H22ClN3O3S/c1-5-6-9-11(21(14,19)20)10(17-16-9)12(18)15-8-7-13(2,3)4/h5-8H2,1-4H3,(H,15,18)(H,16,17). The molecule has 0 aromatic carbocycles. The van der Waals surface area contributed by atoms with Crippen molar-refractivity contribution in [2.75, 3.05) is 6.54 Å². The third-order valence-electron chi connectivity index (χ3n) is 2.91. The van der Waals surface area contributed by atoms with Gasteiger partial charge in [0.1, 0.15) is 4.90 Å². The molecule has 1 rings (SSSR count). The molecule has 2 N–H and O–H groups in total. The van der Waals surface area contributed by atoms with E-state index in [9.17, 15) is 13.2 Å². The molecule has 21 heavy (non-hydrogen) atoms. The Morgan fingerprint density at radius 3 is 2.48 bits per heavy atom. The number of carbonyl (C=O) groups is 1. The van der Waals surface area contributed by atoms with Crippen LogP contribution in [-0.4, -0.2) is 31.1 Å². The smallest absolute Gasteiger partial charge is 0.273 e. The van der Waals surface area contributed by atoms with Crippen LogP contribution in [0.5, 0.6) is 0 Å². The minimum atomic E-state index is -4.02. The second-order valence-corrected chi connectivity index (χ2v) is 8.64. The molecule has 0 aliphatic rings. The van der Waals surface area contributed by atoms with Crippen LogP contribution in [0.4, 0.5) is 0 Å². The lowest BCUT2D eigenvalue weighted by molar-refractivity contribution is 0.0941. The zero-order chi connectivity index (χ0) is 16.3. The Balaban J connectivity index is 2.95. The van der Waals surface area contributed by atoms with Gasteiger partial charge in [0.25, 0.3) is 15.0 Å². The minimum Gasteiger partial charge on any atom is -0.351 e. The molecule has 0 atom stereocenters. The second-order valence-electron chi connectivity index (χ2n) is 6.13. The third-order valence-corrected chi connectivity index (χ3v) is 4.30. The number of rotatable bonds is 6. The van der Waals surface area contributed by atoms with Gasteiger partial charge in [-0.1, -0.05) is 34.1 Å². The number of H-pyrrole nitrogens is 1. The number of hydrogen-bond donors (Lipinski definition) is 2. The molecule has 0 aliphatic carbocycles. The first kappa shape index (κ1) is 18.0. The molecule has 0 fully saturated rings. The lowest BCUT2D eigenvalue weighted by atomic mass is 9.92. The Hall–Kier alpha value is -1.08. The molecule has 0 radical (unpaired) electrons. The van der Waals surface area contributed by atoms with E-state index in [1.807, 2.05) is 6.92 Å². The predicted molar refractivity (Wildman–Crippen MR) is 82.0 cm³/mol. The molecule has 0 spiro atoms. The molecule has 1 aromatic heterocycles. The fourth-order valence-electron chi connectivity index (χ4n) is 1.84. The van der Waals surface area contributed by atoms with Gasteiger partial charge >= 0.3 is 0 Å². The van der Waals surface area contributed by atoms with Crippen LogP contribution in [0.25, 0.3) is 0 Å². The van der Waals surface area contributed by atoms with Gasteiger partial charge in [-0.05, 0) is 18.3 Å². The number of hydrogen-bond acceptors (Lipinski definition) is 4. The summed E-state index contributed by atoms with van der Waals surface area (Å²) in [4.78, 5) is 11.9. The molecule has 1 aromatic rings. The highest BCUT2D eigenvalue weighted by molar-refractivity contribution is 8.13. The largest absolute Gasteiger partial charge is 0.351 e. The summed E-state index contributed by atoms with van der Waals surface area (Å²) < 4.78 is 23.3. The van der Waals surface area contributed by atoms with Crippen molar-refractivity contribution in [3.05, 3.63) is 11.4 Å². The molecule has 6 nitrogen and oxygen atoms in total. The maximum absolute atomic E-state index is 12.1. The minimum absolute atomic E-state index is 0.0770. The Morgan fingerprint density at radius 2 is 2.00 bits per heavy atom. The van der Waals surface area contributed by atoms with Crippen LogP contribution in [0.1, 0.15) is 56.7 Å². The van der Waals surface area contributed by atoms with E-state index in [1.165, 1.54) is 0 Å². The number of nitrogens with zero attached hydrogens (tertiary/aromatic N) is 1. The van der Waals surface area contributed by atoms with Crippen molar-refractivity contribution in [3.63, 3.8) is 0 Å². The molecule has 0 bridgehead atoms. The van der Waals surface area contributed by atoms with E-state index < -0.39 is 15.0 Å². The molecule has 120 valence electrons. The first-order valence-corrected chi connectivity index (χ1v) is 9.17. The van der Waals surface area contributed by atoms with Crippen LogP contribution >= 0.6 is 10.7 Å². The van der Waals surface area contributed by atoms with E-state index in [-0.39, 0.29) is 16.0 Å². The van der Waals surface area contributed by atoms with Gasteiger partial charge in [0.15, 0.2) is 5.69 Å². The molecule has 0 unspecified atom stereocenters. The highest BCUT2D eigenvalue weighted by atomic mass is 35.7. The van der Waals surface area contributed by atoms with Crippen LogP contribution in [0.3, 0.4) is 0 Å². The van der Waals surface area contributed by atoms with Gasteiger partial charge in [-0.2, -0.15) is 5.10 Å². The summed E-state index contributed by atoms with van der Waals surface area (Å²) in [7, 11) is 1.41. The molecule has 8 heteroatoms. The summed E-state index contributed by atoms with van der Waals surface area (Å²) in [6.07, 6.45) is 1.95. The van der Waals surface area contributed by atoms with Crippen molar-refractivity contribution in [3.8, 4) is 0 Å². The summed E-state index contributed by atoms with van der Waals surface area (Å²) in [6, 6.07) is 0. The maximum atomic E-state index is 12.1. The van der Waals surface area contributed by atoms with Gasteiger partial charge in [-0.25, -0.2) is 8.42 Å². The van der Waals surface area contributed by atoms with E-state index in [1.54, 1.807) is 0 Å². The quantitative estimate of drug-likeness (QED) is 0.781. The zero-order valence-corrected chi connectivity index (χ0v) is 14.4. The first-order valence-electron chi connectivity index (χ1n) is 6.86. The van der Waals surface area contributed by atoms with Crippen molar-refractivity contribution < 1.29 is 13.2 Å². The average Bonchev–Trinajstić information content (AvgIpc) is 2.71. The summed E-state index contributed by atoms with van der Waals surface area (Å²) in [6.45, 7) is 8.51. The third kappa shape index (κ3) is 5.32. The van der Waals surface area contributed by atoms with Gasteiger partial charge in [-0.15, -0.1) is 0 Å². The maximum Gasteiger partial charge on any atom is 0.273 e. The fraction of sp³-hybridized carbons (Fsp3) is 0.692.